The minimum atomic E-state index is -0.625. The number of H-pyrrole nitrogens is 1. The zero-order chi connectivity index (χ0) is 25.6. The van der Waals surface area contributed by atoms with E-state index in [0.717, 1.165) is 5.69 Å². The summed E-state index contributed by atoms with van der Waals surface area (Å²) in [4.78, 5) is 46.0. The summed E-state index contributed by atoms with van der Waals surface area (Å²) in [6, 6.07) is 3.51. The summed E-state index contributed by atoms with van der Waals surface area (Å²) in [5.41, 5.74) is 0.138. The first-order valence-electron chi connectivity index (χ1n) is 11.7. The fraction of sp³-hybridized carbons (Fsp3) is 0.560. The molecule has 34 heavy (non-hydrogen) atoms. The number of carbonyl (C=O) groups is 1. The van der Waals surface area contributed by atoms with Crippen molar-refractivity contribution in [2.45, 2.75) is 92.2 Å². The fourth-order valence-corrected chi connectivity index (χ4v) is 3.73. The molecule has 184 valence electrons. The molecule has 2 N–H and O–H groups in total. The molecule has 1 amide bonds. The van der Waals surface area contributed by atoms with Gasteiger partial charge in [-0.3, -0.25) is 19.1 Å². The molecule has 3 aromatic rings. The molecule has 0 saturated heterocycles. The van der Waals surface area contributed by atoms with Crippen molar-refractivity contribution in [3.05, 3.63) is 49.9 Å². The second-order valence-corrected chi connectivity index (χ2v) is 11.1. The van der Waals surface area contributed by atoms with Crippen LogP contribution < -0.4 is 16.6 Å². The van der Waals surface area contributed by atoms with Crippen LogP contribution in [0.2, 0.25) is 0 Å². The van der Waals surface area contributed by atoms with E-state index in [1.54, 1.807) is 10.7 Å². The summed E-state index contributed by atoms with van der Waals surface area (Å²) in [6.45, 7) is 18.4. The van der Waals surface area contributed by atoms with Crippen molar-refractivity contribution < 1.29 is 4.79 Å². The Morgan fingerprint density at radius 2 is 1.76 bits per heavy atom. The quantitative estimate of drug-likeness (QED) is 0.585. The third kappa shape index (κ3) is 4.83. The van der Waals surface area contributed by atoms with Gasteiger partial charge in [0.2, 0.25) is 0 Å². The molecular formula is C25H36N6O3. The third-order valence-corrected chi connectivity index (χ3v) is 5.61. The molecule has 9 heteroatoms. The van der Waals surface area contributed by atoms with Crippen LogP contribution in [0.25, 0.3) is 11.0 Å². The van der Waals surface area contributed by atoms with Crippen LogP contribution in [-0.4, -0.2) is 30.2 Å². The van der Waals surface area contributed by atoms with Crippen LogP contribution in [0.1, 0.15) is 96.4 Å². The molecular weight excluding hydrogens is 432 g/mol. The van der Waals surface area contributed by atoms with Gasteiger partial charge in [-0.05, 0) is 39.2 Å². The highest BCUT2D eigenvalue weighted by Crippen LogP contribution is 2.29. The van der Waals surface area contributed by atoms with Gasteiger partial charge in [0.15, 0.2) is 5.65 Å². The van der Waals surface area contributed by atoms with Crippen molar-refractivity contribution in [2.24, 2.45) is 0 Å². The number of aryl methyl sites for hydroxylation is 1. The van der Waals surface area contributed by atoms with Crippen molar-refractivity contribution in [3.8, 4) is 0 Å². The zero-order valence-corrected chi connectivity index (χ0v) is 21.7. The van der Waals surface area contributed by atoms with E-state index in [4.69, 9.17) is 5.10 Å². The number of aromatic nitrogens is 5. The summed E-state index contributed by atoms with van der Waals surface area (Å²) in [5.74, 6) is 0.0807. The number of hydrogen-bond donors (Lipinski definition) is 2. The summed E-state index contributed by atoms with van der Waals surface area (Å²) in [5, 5.41) is 7.83. The Labute approximate surface area is 199 Å². The number of carbonyl (C=O) groups excluding carboxylic acids is 1. The van der Waals surface area contributed by atoms with Crippen molar-refractivity contribution in [1.29, 1.82) is 0 Å². The van der Waals surface area contributed by atoms with Crippen LogP contribution in [0.3, 0.4) is 0 Å². The topological polar surface area (TPSA) is 115 Å². The largest absolute Gasteiger partial charge is 0.329 e. The lowest BCUT2D eigenvalue weighted by molar-refractivity contribution is 0.102. The molecule has 0 atom stereocenters. The van der Waals surface area contributed by atoms with Crippen LogP contribution in [0.4, 0.5) is 5.82 Å². The molecule has 0 aliphatic rings. The van der Waals surface area contributed by atoms with Gasteiger partial charge >= 0.3 is 5.69 Å². The van der Waals surface area contributed by atoms with Crippen molar-refractivity contribution in [1.82, 2.24) is 24.3 Å². The first kappa shape index (κ1) is 25.4. The van der Waals surface area contributed by atoms with E-state index in [-0.39, 0.29) is 33.5 Å². The molecule has 0 fully saturated rings. The number of hydrogen-bond acceptors (Lipinski definition) is 5. The average Bonchev–Trinajstić information content (AvgIpc) is 3.14. The second-order valence-electron chi connectivity index (χ2n) is 11.1. The Morgan fingerprint density at radius 1 is 1.12 bits per heavy atom. The molecule has 0 aliphatic heterocycles. The Kier molecular flexibility index (Phi) is 6.61. The summed E-state index contributed by atoms with van der Waals surface area (Å²) >= 11 is 0. The first-order chi connectivity index (χ1) is 15.6. The van der Waals surface area contributed by atoms with Gasteiger partial charge in [-0.1, -0.05) is 41.5 Å². The Hall–Kier alpha value is -3.23. The lowest BCUT2D eigenvalue weighted by atomic mass is 9.92. The van der Waals surface area contributed by atoms with E-state index in [1.165, 1.54) is 4.57 Å². The van der Waals surface area contributed by atoms with E-state index < -0.39 is 17.2 Å². The summed E-state index contributed by atoms with van der Waals surface area (Å²) < 4.78 is 3.21. The van der Waals surface area contributed by atoms with Crippen LogP contribution in [0.15, 0.2) is 21.7 Å². The number of pyridine rings is 1. The van der Waals surface area contributed by atoms with Crippen LogP contribution in [0, 0.1) is 0 Å². The van der Waals surface area contributed by atoms with Gasteiger partial charge in [-0.15, -0.1) is 0 Å². The van der Waals surface area contributed by atoms with Gasteiger partial charge in [-0.2, -0.15) is 5.10 Å². The first-order valence-corrected chi connectivity index (χ1v) is 11.7. The van der Waals surface area contributed by atoms with E-state index in [0.29, 0.717) is 24.5 Å². The molecule has 0 radical (unpaired) electrons. The smallest absolute Gasteiger partial charge is 0.307 e. The van der Waals surface area contributed by atoms with Crippen LogP contribution >= 0.6 is 0 Å². The standard InChI is InChI=1S/C25H36N6O3/c1-10-11-30-20-19(22(33)28-23(30)34)15(12-16(26-20)14(2)3)21(32)27-18-13-17(24(4,5)6)29-31(18)25(7,8)9/h12-14H,10-11H2,1-9H3,(H,27,32)(H,28,33,34). The Bertz CT molecular complexity index is 1350. The molecule has 0 bridgehead atoms. The molecule has 3 rings (SSSR count). The van der Waals surface area contributed by atoms with E-state index >= 15 is 0 Å². The van der Waals surface area contributed by atoms with Crippen molar-refractivity contribution >= 4 is 22.8 Å². The molecule has 3 aromatic heterocycles. The molecule has 0 aliphatic carbocycles. The van der Waals surface area contributed by atoms with Gasteiger partial charge < -0.3 is 5.32 Å². The maximum atomic E-state index is 13.6. The van der Waals surface area contributed by atoms with Crippen molar-refractivity contribution in [3.63, 3.8) is 0 Å². The predicted octanol–water partition coefficient (Wildman–Crippen LogP) is 4.12. The number of fused-ring (bicyclic) bond motifs is 1. The van der Waals surface area contributed by atoms with E-state index in [9.17, 15) is 14.4 Å². The molecule has 9 nitrogen and oxygen atoms in total. The summed E-state index contributed by atoms with van der Waals surface area (Å²) in [7, 11) is 0. The summed E-state index contributed by atoms with van der Waals surface area (Å²) in [6.07, 6.45) is 0.677. The number of anilines is 1. The van der Waals surface area contributed by atoms with Crippen LogP contribution in [-0.2, 0) is 17.5 Å². The third-order valence-electron chi connectivity index (χ3n) is 5.61. The Balaban J connectivity index is 2.25. The second kappa shape index (κ2) is 8.85. The maximum absolute atomic E-state index is 13.6. The SMILES string of the molecule is CCCn1c(=O)[nH]c(=O)c2c(C(=O)Nc3cc(C(C)(C)C)nn3C(C)(C)C)cc(C(C)C)nc21. The number of nitrogens with one attached hydrogen (secondary N) is 2. The molecule has 0 unspecified atom stereocenters. The normalized spacial score (nSPS) is 12.5. The maximum Gasteiger partial charge on any atom is 0.329 e. The van der Waals surface area contributed by atoms with E-state index in [1.807, 2.05) is 47.6 Å². The van der Waals surface area contributed by atoms with Crippen LogP contribution in [0.5, 0.6) is 0 Å². The Morgan fingerprint density at radius 3 is 2.29 bits per heavy atom. The highest BCUT2D eigenvalue weighted by molar-refractivity contribution is 6.11. The monoisotopic (exact) mass is 468 g/mol. The van der Waals surface area contributed by atoms with Crippen molar-refractivity contribution in [2.75, 3.05) is 5.32 Å². The average molecular weight is 469 g/mol. The minimum Gasteiger partial charge on any atom is -0.307 e. The van der Waals surface area contributed by atoms with Gasteiger partial charge in [0.25, 0.3) is 11.5 Å². The highest BCUT2D eigenvalue weighted by atomic mass is 16.2. The van der Waals surface area contributed by atoms with Gasteiger partial charge in [0.05, 0.1) is 22.2 Å². The number of nitrogens with zero attached hydrogens (tertiary/aromatic N) is 4. The van der Waals surface area contributed by atoms with Gasteiger partial charge in [-0.25, -0.2) is 14.5 Å². The molecule has 0 spiro atoms. The molecule has 0 aromatic carbocycles. The minimum absolute atomic E-state index is 0.00647. The number of rotatable bonds is 5. The van der Waals surface area contributed by atoms with Gasteiger partial charge in [0, 0.05) is 23.7 Å². The lowest BCUT2D eigenvalue weighted by Gasteiger charge is -2.23. The zero-order valence-electron chi connectivity index (χ0n) is 21.7. The molecule has 0 saturated carbocycles. The number of aromatic amines is 1. The van der Waals surface area contributed by atoms with E-state index in [2.05, 4.69) is 36.1 Å². The predicted molar refractivity (Wildman–Crippen MR) is 135 cm³/mol. The lowest BCUT2D eigenvalue weighted by Crippen LogP contribution is -2.33. The highest BCUT2D eigenvalue weighted by Gasteiger charge is 2.27. The fourth-order valence-electron chi connectivity index (χ4n) is 3.73. The molecule has 3 heterocycles. The number of amides is 1. The van der Waals surface area contributed by atoms with Gasteiger partial charge in [0.1, 0.15) is 5.82 Å².